The predicted molar refractivity (Wildman–Crippen MR) is 111 cm³/mol. The van der Waals surface area contributed by atoms with E-state index in [1.807, 2.05) is 6.92 Å². The summed E-state index contributed by atoms with van der Waals surface area (Å²) in [6, 6.07) is 0.352. The van der Waals surface area contributed by atoms with Crippen molar-refractivity contribution in [3.8, 4) is 0 Å². The number of amides is 1. The van der Waals surface area contributed by atoms with Crippen molar-refractivity contribution in [3.63, 3.8) is 0 Å². The van der Waals surface area contributed by atoms with Crippen LogP contribution in [0.25, 0.3) is 0 Å². The Morgan fingerprint density at radius 1 is 1.33 bits per heavy atom. The first-order valence-electron chi connectivity index (χ1n) is 9.79. The number of aryl methyl sites for hydroxylation is 1. The second kappa shape index (κ2) is 10.0. The molecule has 1 aromatic heterocycles. The molecule has 27 heavy (non-hydrogen) atoms. The molecule has 7 nitrogen and oxygen atoms in total. The molecule has 1 heterocycles. The number of nitrogens with zero attached hydrogens (tertiary/aromatic N) is 2. The third-order valence-corrected chi connectivity index (χ3v) is 6.59. The maximum absolute atomic E-state index is 12.1. The lowest BCUT2D eigenvalue weighted by atomic mass is 9.58. The molecule has 152 valence electrons. The highest BCUT2D eigenvalue weighted by Crippen LogP contribution is 2.48. The van der Waals surface area contributed by atoms with Crippen LogP contribution in [0.2, 0.25) is 0 Å². The Hall–Kier alpha value is -1.67. The highest BCUT2D eigenvalue weighted by molar-refractivity contribution is 7.11. The number of ether oxygens (including phenoxy) is 1. The Labute approximate surface area is 166 Å². The number of aliphatic imine (C=N–C) groups is 1. The zero-order valence-electron chi connectivity index (χ0n) is 17.1. The van der Waals surface area contributed by atoms with Crippen LogP contribution in [0.3, 0.4) is 0 Å². The first-order chi connectivity index (χ1) is 13.0. The Morgan fingerprint density at radius 2 is 2.04 bits per heavy atom. The quantitative estimate of drug-likeness (QED) is 0.339. The van der Waals surface area contributed by atoms with Gasteiger partial charge in [-0.3, -0.25) is 9.79 Å². The van der Waals surface area contributed by atoms with E-state index in [0.29, 0.717) is 30.1 Å². The summed E-state index contributed by atoms with van der Waals surface area (Å²) in [5, 5.41) is 9.75. The van der Waals surface area contributed by atoms with Gasteiger partial charge in [0.05, 0.1) is 17.3 Å². The van der Waals surface area contributed by atoms with Crippen LogP contribution < -0.4 is 16.0 Å². The largest absolute Gasteiger partial charge is 0.378 e. The molecule has 0 aromatic carbocycles. The monoisotopic (exact) mass is 395 g/mol. The molecule has 1 saturated carbocycles. The number of nitrogens with one attached hydrogen (secondary N) is 3. The molecule has 1 fully saturated rings. The molecule has 1 aliphatic rings. The second-order valence-electron chi connectivity index (χ2n) is 6.84. The minimum Gasteiger partial charge on any atom is -0.378 e. The summed E-state index contributed by atoms with van der Waals surface area (Å²) >= 11 is 1.36. The maximum Gasteiger partial charge on any atom is 0.263 e. The van der Waals surface area contributed by atoms with Crippen molar-refractivity contribution < 1.29 is 9.53 Å². The minimum atomic E-state index is -0.0747. The molecule has 0 radical (unpaired) electrons. The smallest absolute Gasteiger partial charge is 0.263 e. The first-order valence-corrected chi connectivity index (χ1v) is 10.7. The number of carbonyl (C=O) groups excluding carboxylic acids is 1. The highest BCUT2D eigenvalue weighted by atomic mass is 32.1. The van der Waals surface area contributed by atoms with Gasteiger partial charge in [0.2, 0.25) is 0 Å². The number of rotatable bonds is 9. The van der Waals surface area contributed by atoms with Crippen LogP contribution in [0.5, 0.6) is 0 Å². The summed E-state index contributed by atoms with van der Waals surface area (Å²) in [7, 11) is 1.77. The Kier molecular flexibility index (Phi) is 8.04. The molecule has 2 unspecified atom stereocenters. The highest BCUT2D eigenvalue weighted by Gasteiger charge is 2.53. The van der Waals surface area contributed by atoms with Crippen LogP contribution in [0.1, 0.15) is 55.4 Å². The van der Waals surface area contributed by atoms with Crippen LogP contribution in [-0.2, 0) is 4.74 Å². The summed E-state index contributed by atoms with van der Waals surface area (Å²) in [6.45, 7) is 10.3. The molecule has 2 rings (SSSR count). The standard InChI is InChI=1S/C19H33N5O2S/c1-6-19(7-2)14(11-15(19)26-8-3)24-18(20-5)22-10-9-21-17(25)16-13(4)23-12-27-16/h12,14-15H,6-11H2,1-5H3,(H,21,25)(H2,20,22,24). The van der Waals surface area contributed by atoms with Crippen molar-refractivity contribution in [1.82, 2.24) is 20.9 Å². The molecule has 0 bridgehead atoms. The molecule has 0 saturated heterocycles. The number of thiazole rings is 1. The fourth-order valence-corrected chi connectivity index (χ4v) is 4.62. The summed E-state index contributed by atoms with van der Waals surface area (Å²) in [4.78, 5) is 21.2. The van der Waals surface area contributed by atoms with Gasteiger partial charge in [-0.25, -0.2) is 4.98 Å². The van der Waals surface area contributed by atoms with Crippen molar-refractivity contribution in [3.05, 3.63) is 16.1 Å². The number of carbonyl (C=O) groups is 1. The first kappa shape index (κ1) is 21.6. The van der Waals surface area contributed by atoms with E-state index in [2.05, 4.69) is 46.7 Å². The molecule has 0 aliphatic heterocycles. The number of hydrogen-bond donors (Lipinski definition) is 3. The van der Waals surface area contributed by atoms with E-state index in [4.69, 9.17) is 4.74 Å². The summed E-state index contributed by atoms with van der Waals surface area (Å²) in [6.07, 6.45) is 3.47. The van der Waals surface area contributed by atoms with Crippen LogP contribution in [0, 0.1) is 12.3 Å². The summed E-state index contributed by atoms with van der Waals surface area (Å²) in [5.74, 6) is 0.693. The van der Waals surface area contributed by atoms with E-state index < -0.39 is 0 Å². The van der Waals surface area contributed by atoms with E-state index in [0.717, 1.165) is 37.5 Å². The summed E-state index contributed by atoms with van der Waals surface area (Å²) in [5.41, 5.74) is 2.62. The summed E-state index contributed by atoms with van der Waals surface area (Å²) < 4.78 is 5.94. The number of guanidine groups is 1. The lowest BCUT2D eigenvalue weighted by Gasteiger charge is -2.55. The van der Waals surface area contributed by atoms with Gasteiger partial charge in [0.25, 0.3) is 5.91 Å². The van der Waals surface area contributed by atoms with Crippen molar-refractivity contribution >= 4 is 23.2 Å². The zero-order valence-corrected chi connectivity index (χ0v) is 17.9. The van der Waals surface area contributed by atoms with Gasteiger partial charge < -0.3 is 20.7 Å². The van der Waals surface area contributed by atoms with Crippen molar-refractivity contribution in [2.45, 2.75) is 59.1 Å². The molecule has 1 aromatic rings. The fourth-order valence-electron chi connectivity index (χ4n) is 3.90. The third-order valence-electron chi connectivity index (χ3n) is 5.66. The van der Waals surface area contributed by atoms with E-state index in [-0.39, 0.29) is 11.3 Å². The molecule has 3 N–H and O–H groups in total. The van der Waals surface area contributed by atoms with Crippen LogP contribution in [-0.4, -0.2) is 55.7 Å². The molecular weight excluding hydrogens is 362 g/mol. The second-order valence-corrected chi connectivity index (χ2v) is 7.69. The molecule has 1 amide bonds. The van der Waals surface area contributed by atoms with Gasteiger partial charge in [-0.1, -0.05) is 13.8 Å². The average molecular weight is 396 g/mol. The lowest BCUT2D eigenvalue weighted by Crippen LogP contribution is -2.65. The molecule has 0 spiro atoms. The minimum absolute atomic E-state index is 0.0747. The van der Waals surface area contributed by atoms with Gasteiger partial charge in [0, 0.05) is 38.2 Å². The van der Waals surface area contributed by atoms with Gasteiger partial charge in [0.15, 0.2) is 5.96 Å². The van der Waals surface area contributed by atoms with Crippen molar-refractivity contribution in [2.75, 3.05) is 26.7 Å². The third kappa shape index (κ3) is 4.79. The maximum atomic E-state index is 12.1. The molecule has 1 aliphatic carbocycles. The number of hydrogen-bond acceptors (Lipinski definition) is 5. The van der Waals surface area contributed by atoms with E-state index in [1.165, 1.54) is 11.3 Å². The van der Waals surface area contributed by atoms with Gasteiger partial charge in [-0.05, 0) is 33.1 Å². The van der Waals surface area contributed by atoms with E-state index >= 15 is 0 Å². The lowest BCUT2D eigenvalue weighted by molar-refractivity contribution is -0.133. The van der Waals surface area contributed by atoms with Crippen molar-refractivity contribution in [1.29, 1.82) is 0 Å². The normalized spacial score (nSPS) is 21.4. The molecule has 8 heteroatoms. The Balaban J connectivity index is 1.79. The van der Waals surface area contributed by atoms with Crippen molar-refractivity contribution in [2.24, 2.45) is 10.4 Å². The van der Waals surface area contributed by atoms with E-state index in [1.54, 1.807) is 12.6 Å². The van der Waals surface area contributed by atoms with Gasteiger partial charge in [-0.15, -0.1) is 11.3 Å². The Bertz CT molecular complexity index is 642. The fraction of sp³-hybridized carbons (Fsp3) is 0.737. The van der Waals surface area contributed by atoms with Gasteiger partial charge >= 0.3 is 0 Å². The van der Waals surface area contributed by atoms with E-state index in [9.17, 15) is 4.79 Å². The molecule has 2 atom stereocenters. The Morgan fingerprint density at radius 3 is 2.59 bits per heavy atom. The van der Waals surface area contributed by atoms with Crippen LogP contribution in [0.4, 0.5) is 0 Å². The molecular formula is C19H33N5O2S. The van der Waals surface area contributed by atoms with Crippen LogP contribution in [0.15, 0.2) is 10.5 Å². The van der Waals surface area contributed by atoms with Crippen LogP contribution >= 0.6 is 11.3 Å². The van der Waals surface area contributed by atoms with Gasteiger partial charge in [-0.2, -0.15) is 0 Å². The average Bonchev–Trinajstić information content (AvgIpc) is 3.09. The topological polar surface area (TPSA) is 87.6 Å². The number of aromatic nitrogens is 1. The SMILES string of the molecule is CCOC1CC(NC(=NC)NCCNC(=O)c2scnc2C)C1(CC)CC. The predicted octanol–water partition coefficient (Wildman–Crippen LogP) is 2.33. The zero-order chi connectivity index (χ0) is 19.9. The van der Waals surface area contributed by atoms with Gasteiger partial charge in [0.1, 0.15) is 4.88 Å².